The molecule has 2 N–H and O–H groups in total. The van der Waals surface area contributed by atoms with E-state index in [1.165, 1.54) is 23.1 Å². The van der Waals surface area contributed by atoms with Gasteiger partial charge in [-0.25, -0.2) is 4.39 Å². The Bertz CT molecular complexity index is 1190. The first-order valence-corrected chi connectivity index (χ1v) is 9.55. The first kappa shape index (κ1) is 21.2. The van der Waals surface area contributed by atoms with Crippen LogP contribution in [0, 0.1) is 5.82 Å². The van der Waals surface area contributed by atoms with Crippen LogP contribution in [0.4, 0.5) is 17.6 Å². The van der Waals surface area contributed by atoms with E-state index in [1.54, 1.807) is 0 Å². The van der Waals surface area contributed by atoms with Crippen molar-refractivity contribution in [2.75, 3.05) is 6.54 Å². The van der Waals surface area contributed by atoms with Crippen molar-refractivity contribution in [3.63, 3.8) is 0 Å². The predicted octanol–water partition coefficient (Wildman–Crippen LogP) is 3.83. The van der Waals surface area contributed by atoms with Crippen LogP contribution in [-0.4, -0.2) is 45.6 Å². The Morgan fingerprint density at radius 3 is 2.81 bits per heavy atom. The zero-order chi connectivity index (χ0) is 22.5. The van der Waals surface area contributed by atoms with Crippen molar-refractivity contribution in [1.29, 1.82) is 0 Å². The van der Waals surface area contributed by atoms with Gasteiger partial charge in [0.25, 0.3) is 11.8 Å². The van der Waals surface area contributed by atoms with E-state index >= 15 is 0 Å². The van der Waals surface area contributed by atoms with Gasteiger partial charge in [0.15, 0.2) is 5.69 Å². The van der Waals surface area contributed by atoms with Gasteiger partial charge in [-0.2, -0.15) is 13.2 Å². The number of carbonyl (C=O) groups is 2. The summed E-state index contributed by atoms with van der Waals surface area (Å²) in [5.41, 5.74) is 0.565. The second-order valence-corrected chi connectivity index (χ2v) is 7.53. The maximum atomic E-state index is 13.7. The lowest BCUT2D eigenvalue weighted by molar-refractivity contribution is -0.149. The summed E-state index contributed by atoms with van der Waals surface area (Å²) in [5, 5.41) is 5.65. The Balaban J connectivity index is 1.56. The van der Waals surface area contributed by atoms with Crippen LogP contribution in [0.15, 0.2) is 22.7 Å². The highest BCUT2D eigenvalue weighted by atomic mass is 35.5. The molecule has 1 atom stereocenters. The van der Waals surface area contributed by atoms with Crippen molar-refractivity contribution in [2.45, 2.75) is 32.1 Å². The SMILES string of the molecule is CC(NC(=O)c1noc2c1CN(C(=O)c1cc3c(Cl)c(F)ccc3[nH]1)CC2)C(F)(F)F. The minimum absolute atomic E-state index is 0.0850. The third-order valence-electron chi connectivity index (χ3n) is 5.09. The van der Waals surface area contributed by atoms with Gasteiger partial charge in [-0.3, -0.25) is 9.59 Å². The van der Waals surface area contributed by atoms with Gasteiger partial charge < -0.3 is 19.7 Å². The third-order valence-corrected chi connectivity index (χ3v) is 5.47. The molecule has 12 heteroatoms. The molecule has 3 heterocycles. The molecule has 0 bridgehead atoms. The lowest BCUT2D eigenvalue weighted by atomic mass is 10.0. The van der Waals surface area contributed by atoms with Crippen molar-refractivity contribution in [3.8, 4) is 0 Å². The number of H-pyrrole nitrogens is 1. The summed E-state index contributed by atoms with van der Waals surface area (Å²) in [4.78, 5) is 29.5. The molecular weight excluding hydrogens is 444 g/mol. The highest BCUT2D eigenvalue weighted by Crippen LogP contribution is 2.29. The second kappa shape index (κ2) is 7.56. The van der Waals surface area contributed by atoms with E-state index in [0.717, 1.165) is 6.92 Å². The van der Waals surface area contributed by atoms with Crippen LogP contribution in [0.1, 0.15) is 39.2 Å². The third kappa shape index (κ3) is 3.85. The Hall–Kier alpha value is -3.08. The van der Waals surface area contributed by atoms with Crippen molar-refractivity contribution in [2.24, 2.45) is 0 Å². The molecule has 2 amide bonds. The summed E-state index contributed by atoms with van der Waals surface area (Å²) in [7, 11) is 0. The fraction of sp³-hybridized carbons (Fsp3) is 0.316. The minimum atomic E-state index is -4.61. The quantitative estimate of drug-likeness (QED) is 0.584. The molecule has 164 valence electrons. The molecule has 0 saturated heterocycles. The van der Waals surface area contributed by atoms with Crippen LogP contribution < -0.4 is 5.32 Å². The molecule has 0 saturated carbocycles. The van der Waals surface area contributed by atoms with Gasteiger partial charge in [0.2, 0.25) is 0 Å². The topological polar surface area (TPSA) is 91.2 Å². The number of nitrogens with zero attached hydrogens (tertiary/aromatic N) is 2. The van der Waals surface area contributed by atoms with Crippen LogP contribution in [-0.2, 0) is 13.0 Å². The van der Waals surface area contributed by atoms with Crippen LogP contribution in [0.3, 0.4) is 0 Å². The Labute approximate surface area is 177 Å². The zero-order valence-corrected chi connectivity index (χ0v) is 16.7. The van der Waals surface area contributed by atoms with E-state index < -0.39 is 29.8 Å². The highest BCUT2D eigenvalue weighted by Gasteiger charge is 2.38. The molecule has 0 fully saturated rings. The van der Waals surface area contributed by atoms with Gasteiger partial charge in [0.1, 0.15) is 23.3 Å². The molecule has 1 aliphatic heterocycles. The smallest absolute Gasteiger partial charge is 0.360 e. The number of rotatable bonds is 3. The molecule has 1 aliphatic rings. The van der Waals surface area contributed by atoms with E-state index in [9.17, 15) is 27.2 Å². The average molecular weight is 459 g/mol. The number of hydrogen-bond donors (Lipinski definition) is 2. The van der Waals surface area contributed by atoms with E-state index in [-0.39, 0.29) is 41.5 Å². The molecule has 1 aromatic carbocycles. The summed E-state index contributed by atoms with van der Waals surface area (Å²) in [6, 6.07) is 1.97. The number of halogens is 5. The summed E-state index contributed by atoms with van der Waals surface area (Å²) < 4.78 is 57.0. The number of fused-ring (bicyclic) bond motifs is 2. The number of hydrogen-bond acceptors (Lipinski definition) is 4. The fourth-order valence-electron chi connectivity index (χ4n) is 3.34. The Morgan fingerprint density at radius 1 is 1.35 bits per heavy atom. The molecule has 0 radical (unpaired) electrons. The highest BCUT2D eigenvalue weighted by molar-refractivity contribution is 6.35. The molecule has 0 spiro atoms. The molecule has 31 heavy (non-hydrogen) atoms. The number of nitrogens with one attached hydrogen (secondary N) is 2. The van der Waals surface area contributed by atoms with Crippen LogP contribution in [0.25, 0.3) is 10.9 Å². The van der Waals surface area contributed by atoms with E-state index in [0.29, 0.717) is 16.7 Å². The number of aromatic nitrogens is 2. The van der Waals surface area contributed by atoms with Gasteiger partial charge in [0.05, 0.1) is 11.6 Å². The largest absolute Gasteiger partial charge is 0.408 e. The van der Waals surface area contributed by atoms with Crippen LogP contribution in [0.2, 0.25) is 5.02 Å². The number of benzene rings is 1. The molecule has 2 aromatic heterocycles. The molecule has 1 unspecified atom stereocenters. The van der Waals surface area contributed by atoms with E-state index in [2.05, 4.69) is 10.1 Å². The average Bonchev–Trinajstić information content (AvgIpc) is 3.33. The van der Waals surface area contributed by atoms with Gasteiger partial charge in [0, 0.05) is 29.4 Å². The minimum Gasteiger partial charge on any atom is -0.360 e. The van der Waals surface area contributed by atoms with Gasteiger partial charge >= 0.3 is 6.18 Å². The molecule has 7 nitrogen and oxygen atoms in total. The van der Waals surface area contributed by atoms with E-state index in [1.807, 2.05) is 5.32 Å². The standard InChI is InChI=1S/C19H15ClF4N4O3/c1-8(19(22,23)24)25-17(29)16-10-7-28(5-4-14(10)31-27-16)18(30)13-6-9-12(26-13)3-2-11(21)15(9)20/h2-3,6,8,26H,4-5,7H2,1H3,(H,25,29). The summed E-state index contributed by atoms with van der Waals surface area (Å²) in [6.07, 6.45) is -4.39. The number of carbonyl (C=O) groups excluding carboxylic acids is 2. The lowest BCUT2D eigenvalue weighted by Gasteiger charge is -2.26. The van der Waals surface area contributed by atoms with Crippen molar-refractivity contribution in [1.82, 2.24) is 20.4 Å². The van der Waals surface area contributed by atoms with Gasteiger partial charge in [-0.15, -0.1) is 0 Å². The number of aromatic amines is 1. The molecule has 4 rings (SSSR count). The molecular formula is C19H15ClF4N4O3. The maximum absolute atomic E-state index is 13.7. The maximum Gasteiger partial charge on any atom is 0.408 e. The lowest BCUT2D eigenvalue weighted by Crippen LogP contribution is -2.44. The monoisotopic (exact) mass is 458 g/mol. The zero-order valence-electron chi connectivity index (χ0n) is 15.9. The second-order valence-electron chi connectivity index (χ2n) is 7.15. The van der Waals surface area contributed by atoms with Crippen molar-refractivity contribution < 1.29 is 31.7 Å². The van der Waals surface area contributed by atoms with Crippen molar-refractivity contribution >= 4 is 34.3 Å². The molecule has 3 aromatic rings. The molecule has 0 aliphatic carbocycles. The van der Waals surface area contributed by atoms with E-state index in [4.69, 9.17) is 16.1 Å². The predicted molar refractivity (Wildman–Crippen MR) is 101 cm³/mol. The summed E-state index contributed by atoms with van der Waals surface area (Å²) >= 11 is 5.95. The van der Waals surface area contributed by atoms with Gasteiger partial charge in [-0.05, 0) is 25.1 Å². The van der Waals surface area contributed by atoms with Crippen LogP contribution >= 0.6 is 11.6 Å². The summed E-state index contributed by atoms with van der Waals surface area (Å²) in [6.45, 7) is 0.959. The van der Waals surface area contributed by atoms with Crippen molar-refractivity contribution in [3.05, 3.63) is 51.8 Å². The van der Waals surface area contributed by atoms with Gasteiger partial charge in [-0.1, -0.05) is 16.8 Å². The normalized spacial score (nSPS) is 15.1. The van der Waals surface area contributed by atoms with Crippen LogP contribution in [0.5, 0.6) is 0 Å². The first-order valence-electron chi connectivity index (χ1n) is 9.17. The Kier molecular flexibility index (Phi) is 5.16. The fourth-order valence-corrected chi connectivity index (χ4v) is 3.55. The number of amides is 2. The first-order chi connectivity index (χ1) is 14.6. The Morgan fingerprint density at radius 2 is 2.10 bits per heavy atom. The summed E-state index contributed by atoms with van der Waals surface area (Å²) in [5.74, 6) is -1.79. The number of alkyl halides is 3.